The van der Waals surface area contributed by atoms with Crippen LogP contribution in [0.15, 0.2) is 41.5 Å². The molecule has 2 aromatic rings. The van der Waals surface area contributed by atoms with Crippen molar-refractivity contribution in [2.24, 2.45) is 4.99 Å². The number of methoxy groups -OCH3 is 1. The first kappa shape index (κ1) is 26.2. The number of benzene rings is 1. The predicted octanol–water partition coefficient (Wildman–Crippen LogP) is 3.07. The molecule has 1 fully saturated rings. The molecule has 1 aromatic carbocycles. The van der Waals surface area contributed by atoms with E-state index in [-0.39, 0.29) is 24.0 Å². The van der Waals surface area contributed by atoms with Crippen LogP contribution in [0.3, 0.4) is 0 Å². The lowest BCUT2D eigenvalue weighted by Gasteiger charge is -2.34. The van der Waals surface area contributed by atoms with Crippen LogP contribution in [0.5, 0.6) is 5.75 Å². The summed E-state index contributed by atoms with van der Waals surface area (Å²) in [6, 6.07) is 10.5. The zero-order valence-electron chi connectivity index (χ0n) is 19.7. The Kier molecular flexibility index (Phi) is 11.0. The summed E-state index contributed by atoms with van der Waals surface area (Å²) in [6.07, 6.45) is 2.77. The van der Waals surface area contributed by atoms with Gasteiger partial charge in [0, 0.05) is 52.5 Å². The Hall–Kier alpha value is -2.07. The highest BCUT2D eigenvalue weighted by molar-refractivity contribution is 14.0. The van der Waals surface area contributed by atoms with Gasteiger partial charge >= 0.3 is 0 Å². The molecule has 0 radical (unpaired) electrons. The number of aliphatic imine (C=N–C) groups is 1. The van der Waals surface area contributed by atoms with Crippen LogP contribution in [-0.2, 0) is 13.0 Å². The van der Waals surface area contributed by atoms with E-state index in [1.807, 2.05) is 12.3 Å². The maximum atomic E-state index is 5.48. The van der Waals surface area contributed by atoms with E-state index < -0.39 is 0 Å². The van der Waals surface area contributed by atoms with Crippen molar-refractivity contribution >= 4 is 35.8 Å². The van der Waals surface area contributed by atoms with Crippen LogP contribution in [0.25, 0.3) is 0 Å². The second-order valence-corrected chi connectivity index (χ2v) is 7.86. The molecule has 0 unspecified atom stereocenters. The molecule has 0 saturated carbocycles. The van der Waals surface area contributed by atoms with Gasteiger partial charge in [-0.15, -0.1) is 24.0 Å². The second kappa shape index (κ2) is 13.5. The number of nitrogens with zero attached hydrogens (tertiary/aromatic N) is 4. The van der Waals surface area contributed by atoms with Crippen LogP contribution in [0.1, 0.15) is 23.6 Å². The summed E-state index contributed by atoms with van der Waals surface area (Å²) in [5.41, 5.74) is 3.64. The Bertz CT molecular complexity index is 867. The minimum Gasteiger partial charge on any atom is -0.496 e. The average Bonchev–Trinajstić information content (AvgIpc) is 2.81. The van der Waals surface area contributed by atoms with E-state index in [1.165, 1.54) is 16.7 Å². The van der Waals surface area contributed by atoms with Gasteiger partial charge in [0.2, 0.25) is 0 Å². The molecule has 32 heavy (non-hydrogen) atoms. The first-order valence-corrected chi connectivity index (χ1v) is 11.1. The number of nitrogens with one attached hydrogen (secondary N) is 2. The summed E-state index contributed by atoms with van der Waals surface area (Å²) >= 11 is 0. The Balaban J connectivity index is 0.00000363. The number of aryl methyl sites for hydroxylation is 1. The van der Waals surface area contributed by atoms with E-state index in [1.54, 1.807) is 14.2 Å². The number of hydrogen-bond acceptors (Lipinski definition) is 5. The van der Waals surface area contributed by atoms with Crippen LogP contribution < -0.4 is 20.3 Å². The number of aromatic nitrogens is 1. The fourth-order valence-electron chi connectivity index (χ4n) is 3.86. The van der Waals surface area contributed by atoms with E-state index in [2.05, 4.69) is 68.5 Å². The molecule has 2 heterocycles. The Morgan fingerprint density at radius 3 is 2.59 bits per heavy atom. The summed E-state index contributed by atoms with van der Waals surface area (Å²) in [5.74, 6) is 2.78. The van der Waals surface area contributed by atoms with Gasteiger partial charge in [-0.25, -0.2) is 4.98 Å². The highest BCUT2D eigenvalue weighted by Gasteiger charge is 2.16. The Morgan fingerprint density at radius 1 is 1.12 bits per heavy atom. The van der Waals surface area contributed by atoms with Crippen molar-refractivity contribution in [1.29, 1.82) is 0 Å². The number of ether oxygens (including phenoxy) is 1. The molecule has 0 aliphatic carbocycles. The van der Waals surface area contributed by atoms with Crippen molar-refractivity contribution in [2.75, 3.05) is 58.3 Å². The molecule has 0 bridgehead atoms. The number of anilines is 1. The molecule has 3 rings (SSSR count). The molecule has 2 N–H and O–H groups in total. The molecule has 8 heteroatoms. The number of guanidine groups is 1. The number of halogens is 1. The molecule has 176 valence electrons. The lowest BCUT2D eigenvalue weighted by Crippen LogP contribution is -2.46. The molecule has 1 aromatic heterocycles. The topological polar surface area (TPSA) is 65.0 Å². The quantitative estimate of drug-likeness (QED) is 0.298. The molecule has 7 nitrogen and oxygen atoms in total. The summed E-state index contributed by atoms with van der Waals surface area (Å²) in [6.45, 7) is 11.2. The maximum Gasteiger partial charge on any atom is 0.191 e. The molecule has 0 amide bonds. The third kappa shape index (κ3) is 7.51. The maximum absolute atomic E-state index is 5.48. The molecule has 1 saturated heterocycles. The van der Waals surface area contributed by atoms with Crippen LogP contribution in [0.4, 0.5) is 5.82 Å². The first-order chi connectivity index (χ1) is 15.1. The van der Waals surface area contributed by atoms with Crippen LogP contribution in [0.2, 0.25) is 0 Å². The van der Waals surface area contributed by atoms with Crippen molar-refractivity contribution in [3.8, 4) is 5.75 Å². The van der Waals surface area contributed by atoms with E-state index in [0.29, 0.717) is 6.54 Å². The van der Waals surface area contributed by atoms with Crippen molar-refractivity contribution in [2.45, 2.75) is 26.8 Å². The van der Waals surface area contributed by atoms with Gasteiger partial charge in [0.1, 0.15) is 11.6 Å². The van der Waals surface area contributed by atoms with Crippen molar-refractivity contribution in [3.63, 3.8) is 0 Å². The van der Waals surface area contributed by atoms with Crippen LogP contribution in [0, 0.1) is 6.92 Å². The third-order valence-electron chi connectivity index (χ3n) is 5.76. The van der Waals surface area contributed by atoms with Gasteiger partial charge in [0.15, 0.2) is 5.96 Å². The highest BCUT2D eigenvalue weighted by Crippen LogP contribution is 2.19. The third-order valence-corrected chi connectivity index (χ3v) is 5.76. The summed E-state index contributed by atoms with van der Waals surface area (Å²) < 4.78 is 5.48. The lowest BCUT2D eigenvalue weighted by molar-refractivity contribution is 0.270. The Labute approximate surface area is 209 Å². The number of hydrogen-bond donors (Lipinski definition) is 2. The number of pyridine rings is 1. The molecule has 1 aliphatic heterocycles. The van der Waals surface area contributed by atoms with Crippen LogP contribution in [-0.4, -0.2) is 69.3 Å². The summed E-state index contributed by atoms with van der Waals surface area (Å²) in [7, 11) is 3.52. The smallest absolute Gasteiger partial charge is 0.191 e. The normalized spacial score (nSPS) is 14.6. The van der Waals surface area contributed by atoms with Gasteiger partial charge in [-0.05, 0) is 49.2 Å². The van der Waals surface area contributed by atoms with Gasteiger partial charge in [-0.2, -0.15) is 0 Å². The number of piperazine rings is 1. The summed E-state index contributed by atoms with van der Waals surface area (Å²) in [5, 5.41) is 6.81. The van der Waals surface area contributed by atoms with E-state index in [4.69, 9.17) is 4.74 Å². The Morgan fingerprint density at radius 2 is 1.91 bits per heavy atom. The zero-order valence-corrected chi connectivity index (χ0v) is 22.1. The number of likely N-dealkylation sites (N-methyl/N-ethyl adjacent to an activating group) is 1. The van der Waals surface area contributed by atoms with E-state index in [9.17, 15) is 0 Å². The molecule has 1 aliphatic rings. The van der Waals surface area contributed by atoms with Gasteiger partial charge in [0.25, 0.3) is 0 Å². The standard InChI is InChI=1S/C24H36N6O.HI/c1-5-29-12-14-30(15-13-29)23-17-20(8-10-26-23)18-28-24(25-3)27-11-9-21-16-19(2)6-7-22(21)31-4;/h6-8,10,16-17H,5,9,11-15,18H2,1-4H3,(H2,25,27,28);1H. The van der Waals surface area contributed by atoms with Crippen molar-refractivity contribution < 1.29 is 4.74 Å². The minimum absolute atomic E-state index is 0. The largest absolute Gasteiger partial charge is 0.496 e. The zero-order chi connectivity index (χ0) is 22.1. The predicted molar refractivity (Wildman–Crippen MR) is 144 cm³/mol. The van der Waals surface area contributed by atoms with Crippen molar-refractivity contribution in [3.05, 3.63) is 53.2 Å². The second-order valence-electron chi connectivity index (χ2n) is 7.86. The van der Waals surface area contributed by atoms with Gasteiger partial charge < -0.3 is 25.2 Å². The first-order valence-electron chi connectivity index (χ1n) is 11.1. The molecular weight excluding hydrogens is 515 g/mol. The monoisotopic (exact) mass is 552 g/mol. The van der Waals surface area contributed by atoms with Crippen LogP contribution >= 0.6 is 24.0 Å². The molecule has 0 spiro atoms. The van der Waals surface area contributed by atoms with Crippen molar-refractivity contribution in [1.82, 2.24) is 20.5 Å². The molecular formula is C24H37IN6O. The average molecular weight is 553 g/mol. The fourth-order valence-corrected chi connectivity index (χ4v) is 3.86. The number of rotatable bonds is 8. The summed E-state index contributed by atoms with van der Waals surface area (Å²) in [4.78, 5) is 13.8. The van der Waals surface area contributed by atoms with Gasteiger partial charge in [-0.3, -0.25) is 4.99 Å². The van der Waals surface area contributed by atoms with Gasteiger partial charge in [-0.1, -0.05) is 24.6 Å². The minimum atomic E-state index is 0. The van der Waals surface area contributed by atoms with E-state index in [0.717, 1.165) is 63.2 Å². The highest BCUT2D eigenvalue weighted by atomic mass is 127. The van der Waals surface area contributed by atoms with Gasteiger partial charge in [0.05, 0.1) is 7.11 Å². The van der Waals surface area contributed by atoms with E-state index >= 15 is 0 Å². The SMILES string of the molecule is CCN1CCN(c2cc(CNC(=NC)NCCc3cc(C)ccc3OC)ccn2)CC1.I. The molecule has 0 atom stereocenters. The lowest BCUT2D eigenvalue weighted by atomic mass is 10.1. The fraction of sp³-hybridized carbons (Fsp3) is 0.500.